The summed E-state index contributed by atoms with van der Waals surface area (Å²) in [6.07, 6.45) is 0.170. The first-order valence-electron chi connectivity index (χ1n) is 10.4. The standard InChI is InChI=1S/C19H21N7O6S3.2Na.2H/c27-12(6-11-2-1-5-33-11)21-14-16(30)26-15(18(31)32)10(8-34-17(14)26)9-35-19-22-23-24-25(19)4-3-20-7-13(28)29;;;;/h1-2,5,14,17,20H,3-4,6-9H2,(H,21,27)(H,28,29)(H,31,32);;;;/t14?,17-;;;;/m1..../s1. The number of nitrogens with one attached hydrogen (secondary N) is 2. The first kappa shape index (κ1) is 32.3. The number of fused-ring (bicyclic) bond motifs is 1. The van der Waals surface area contributed by atoms with E-state index >= 15 is 0 Å². The molecule has 2 atom stereocenters. The van der Waals surface area contributed by atoms with Gasteiger partial charge in [-0.3, -0.25) is 19.3 Å². The van der Waals surface area contributed by atoms with Crippen molar-refractivity contribution in [1.29, 1.82) is 0 Å². The van der Waals surface area contributed by atoms with E-state index in [0.717, 1.165) is 4.88 Å². The summed E-state index contributed by atoms with van der Waals surface area (Å²) in [6, 6.07) is 2.92. The number of tetrazole rings is 1. The Labute approximate surface area is 268 Å². The minimum atomic E-state index is -1.21. The number of aromatic nitrogens is 4. The van der Waals surface area contributed by atoms with E-state index in [0.29, 0.717) is 29.6 Å². The molecule has 1 unspecified atom stereocenters. The molecule has 0 radical (unpaired) electrons. The van der Waals surface area contributed by atoms with Crippen molar-refractivity contribution < 1.29 is 29.4 Å². The quantitative estimate of drug-likeness (QED) is 0.0947. The average Bonchev–Trinajstić information content (AvgIpc) is 3.50. The summed E-state index contributed by atoms with van der Waals surface area (Å²) >= 11 is 4.08. The van der Waals surface area contributed by atoms with Crippen molar-refractivity contribution in [1.82, 2.24) is 35.7 Å². The number of hydrogen-bond donors (Lipinski definition) is 4. The molecule has 2 aliphatic rings. The molecule has 4 heterocycles. The molecule has 13 nitrogen and oxygen atoms in total. The van der Waals surface area contributed by atoms with E-state index in [1.54, 1.807) is 0 Å². The van der Waals surface area contributed by atoms with Crippen LogP contribution >= 0.6 is 34.9 Å². The van der Waals surface area contributed by atoms with Gasteiger partial charge in [0.15, 0.2) is 0 Å². The zero-order valence-electron chi connectivity index (χ0n) is 18.1. The van der Waals surface area contributed by atoms with Gasteiger partial charge in [0, 0.05) is 22.9 Å². The number of thioether (sulfide) groups is 2. The van der Waals surface area contributed by atoms with Crippen LogP contribution in [0.1, 0.15) is 4.88 Å². The second kappa shape index (κ2) is 15.0. The third-order valence-corrected chi connectivity index (χ3v) is 8.39. The number of nitrogens with zero attached hydrogens (tertiary/aromatic N) is 5. The van der Waals surface area contributed by atoms with Gasteiger partial charge in [0.2, 0.25) is 11.1 Å². The monoisotopic (exact) mass is 587 g/mol. The number of rotatable bonds is 12. The molecular formula is C19H23N7Na2O6S3. The summed E-state index contributed by atoms with van der Waals surface area (Å²) in [5.74, 6) is -2.28. The van der Waals surface area contributed by atoms with E-state index in [1.807, 2.05) is 17.5 Å². The number of carboxylic acid groups (broad SMARTS) is 2. The van der Waals surface area contributed by atoms with Crippen LogP contribution in [0.3, 0.4) is 0 Å². The van der Waals surface area contributed by atoms with E-state index in [2.05, 4.69) is 26.2 Å². The number of aliphatic carboxylic acids is 2. The zero-order chi connectivity index (χ0) is 24.9. The van der Waals surface area contributed by atoms with Gasteiger partial charge in [-0.1, -0.05) is 17.8 Å². The number of thiophene rings is 1. The van der Waals surface area contributed by atoms with Gasteiger partial charge in [0.05, 0.1) is 19.5 Å². The summed E-state index contributed by atoms with van der Waals surface area (Å²) in [7, 11) is 0. The number of β-lactam (4-membered cyclic amide) rings is 1. The average molecular weight is 588 g/mol. The summed E-state index contributed by atoms with van der Waals surface area (Å²) in [4.78, 5) is 49.9. The number of amides is 2. The van der Waals surface area contributed by atoms with E-state index in [9.17, 15) is 24.3 Å². The summed E-state index contributed by atoms with van der Waals surface area (Å²) < 4.78 is 1.49. The van der Waals surface area contributed by atoms with Crippen molar-refractivity contribution in [2.24, 2.45) is 0 Å². The second-order valence-electron chi connectivity index (χ2n) is 7.51. The molecule has 4 rings (SSSR count). The van der Waals surface area contributed by atoms with E-state index < -0.39 is 29.3 Å². The first-order valence-corrected chi connectivity index (χ1v) is 13.3. The van der Waals surface area contributed by atoms with Crippen molar-refractivity contribution in [3.8, 4) is 0 Å². The molecule has 0 spiro atoms. The van der Waals surface area contributed by atoms with Crippen molar-refractivity contribution >= 4 is 118 Å². The third-order valence-electron chi connectivity index (χ3n) is 5.13. The van der Waals surface area contributed by atoms with Crippen LogP contribution in [0.25, 0.3) is 0 Å². The number of carbonyl (C=O) groups is 4. The third kappa shape index (κ3) is 8.03. The van der Waals surface area contributed by atoms with E-state index in [-0.39, 0.29) is 89.4 Å². The molecule has 37 heavy (non-hydrogen) atoms. The Kier molecular flexibility index (Phi) is 13.1. The van der Waals surface area contributed by atoms with Crippen LogP contribution in [0.15, 0.2) is 33.9 Å². The van der Waals surface area contributed by atoms with E-state index in [1.165, 1.54) is 44.4 Å². The fourth-order valence-electron chi connectivity index (χ4n) is 3.56. The molecular weight excluding hydrogens is 564 g/mol. The SMILES string of the molecule is O=C(O)CNCCn1nnnc1SCC1=C(C(=O)O)N2C(=O)C(NC(=O)Cc3cccs3)[C@H]2SC1.[NaH].[NaH]. The normalized spacial score (nSPS) is 18.3. The van der Waals surface area contributed by atoms with Crippen molar-refractivity contribution in [3.05, 3.63) is 33.7 Å². The molecule has 1 saturated heterocycles. The molecule has 0 aromatic carbocycles. The summed E-state index contributed by atoms with van der Waals surface area (Å²) in [5.41, 5.74) is 0.483. The number of carboxylic acids is 2. The molecule has 0 bridgehead atoms. The Hall–Kier alpha value is -0.950. The fraction of sp³-hybridized carbons (Fsp3) is 0.421. The topological polar surface area (TPSA) is 180 Å². The van der Waals surface area contributed by atoms with Gasteiger partial charge in [0.25, 0.3) is 5.91 Å². The van der Waals surface area contributed by atoms with Gasteiger partial charge >= 0.3 is 71.1 Å². The molecule has 0 saturated carbocycles. The van der Waals surface area contributed by atoms with Gasteiger partial charge in [-0.15, -0.1) is 28.2 Å². The second-order valence-corrected chi connectivity index (χ2v) is 10.6. The van der Waals surface area contributed by atoms with Gasteiger partial charge in [-0.25, -0.2) is 9.48 Å². The van der Waals surface area contributed by atoms with Crippen molar-refractivity contribution in [2.75, 3.05) is 24.6 Å². The summed E-state index contributed by atoms with van der Waals surface area (Å²) in [5, 5.41) is 37.3. The molecule has 0 aliphatic carbocycles. The van der Waals surface area contributed by atoms with Crippen LogP contribution < -0.4 is 10.6 Å². The van der Waals surface area contributed by atoms with Gasteiger partial charge < -0.3 is 20.8 Å². The molecule has 2 aromatic rings. The van der Waals surface area contributed by atoms with Crippen LogP contribution in [0.4, 0.5) is 0 Å². The van der Waals surface area contributed by atoms with Gasteiger partial charge in [-0.05, 0) is 27.4 Å². The maximum absolute atomic E-state index is 12.8. The van der Waals surface area contributed by atoms with Gasteiger partial charge in [-0.2, -0.15) is 0 Å². The van der Waals surface area contributed by atoms with E-state index in [4.69, 9.17) is 5.11 Å². The van der Waals surface area contributed by atoms with Crippen LogP contribution in [-0.2, 0) is 32.1 Å². The Bertz CT molecular complexity index is 1160. The fourth-order valence-corrected chi connectivity index (χ4v) is 6.65. The van der Waals surface area contributed by atoms with Crippen LogP contribution in [-0.4, -0.2) is 154 Å². The van der Waals surface area contributed by atoms with Crippen molar-refractivity contribution in [2.45, 2.75) is 29.5 Å². The number of carbonyl (C=O) groups excluding carboxylic acids is 2. The molecule has 190 valence electrons. The maximum atomic E-state index is 12.8. The molecule has 2 aliphatic heterocycles. The van der Waals surface area contributed by atoms with Crippen LogP contribution in [0, 0.1) is 0 Å². The van der Waals surface area contributed by atoms with Gasteiger partial charge in [0.1, 0.15) is 17.1 Å². The molecule has 2 aromatic heterocycles. The first-order chi connectivity index (χ1) is 16.8. The molecule has 2 amide bonds. The minimum absolute atomic E-state index is 0. The number of hydrogen-bond acceptors (Lipinski definition) is 11. The Morgan fingerprint density at radius 2 is 2.03 bits per heavy atom. The predicted molar refractivity (Wildman–Crippen MR) is 141 cm³/mol. The Morgan fingerprint density at radius 3 is 2.70 bits per heavy atom. The van der Waals surface area contributed by atoms with Crippen LogP contribution in [0.5, 0.6) is 0 Å². The molecule has 4 N–H and O–H groups in total. The Balaban J connectivity index is 0.00000241. The predicted octanol–water partition coefficient (Wildman–Crippen LogP) is -1.81. The van der Waals surface area contributed by atoms with Crippen LogP contribution in [0.2, 0.25) is 0 Å². The zero-order valence-corrected chi connectivity index (χ0v) is 20.6. The Morgan fingerprint density at radius 1 is 1.24 bits per heavy atom. The molecule has 1 fully saturated rings. The van der Waals surface area contributed by atoms with Crippen molar-refractivity contribution in [3.63, 3.8) is 0 Å². The summed E-state index contributed by atoms with van der Waals surface area (Å²) in [6.45, 7) is 0.492. The molecule has 18 heteroatoms.